The van der Waals surface area contributed by atoms with Gasteiger partial charge in [-0.05, 0) is 38.3 Å². The standard InChI is InChI=1S/C16H26N2OS/c1-14(15-9-8-12-20-15)17(2)13-16(19)18-10-6-4-3-5-7-11-18/h8-9,12,14H,3-7,10-11,13H2,1-2H3. The van der Waals surface area contributed by atoms with E-state index in [4.69, 9.17) is 0 Å². The topological polar surface area (TPSA) is 23.6 Å². The van der Waals surface area contributed by atoms with Crippen LogP contribution < -0.4 is 0 Å². The first-order valence-corrected chi connectivity index (χ1v) is 8.58. The lowest BCUT2D eigenvalue weighted by Crippen LogP contribution is -2.41. The molecule has 1 aliphatic heterocycles. The van der Waals surface area contributed by atoms with Gasteiger partial charge >= 0.3 is 0 Å². The van der Waals surface area contributed by atoms with Crippen molar-refractivity contribution in [2.75, 3.05) is 26.7 Å². The molecule has 1 aromatic heterocycles. The maximum absolute atomic E-state index is 12.4. The van der Waals surface area contributed by atoms with Crippen LogP contribution in [0.25, 0.3) is 0 Å². The lowest BCUT2D eigenvalue weighted by atomic mass is 10.1. The molecule has 1 saturated heterocycles. The van der Waals surface area contributed by atoms with Crippen LogP contribution in [0.15, 0.2) is 17.5 Å². The molecule has 1 atom stereocenters. The zero-order valence-corrected chi connectivity index (χ0v) is 13.5. The number of nitrogens with zero attached hydrogens (tertiary/aromatic N) is 2. The molecule has 0 saturated carbocycles. The third-order valence-corrected chi connectivity index (χ3v) is 5.25. The monoisotopic (exact) mass is 294 g/mol. The Morgan fingerprint density at radius 2 is 1.95 bits per heavy atom. The summed E-state index contributed by atoms with van der Waals surface area (Å²) in [4.78, 5) is 18.0. The minimum absolute atomic E-state index is 0.290. The van der Waals surface area contributed by atoms with Crippen LogP contribution in [-0.2, 0) is 4.79 Å². The highest BCUT2D eigenvalue weighted by Crippen LogP contribution is 2.23. The minimum atomic E-state index is 0.290. The van der Waals surface area contributed by atoms with Gasteiger partial charge in [-0.15, -0.1) is 11.3 Å². The van der Waals surface area contributed by atoms with E-state index in [1.807, 2.05) is 7.05 Å². The Kier molecular flexibility index (Phi) is 6.05. The number of carbonyl (C=O) groups excluding carboxylic acids is 1. The lowest BCUT2D eigenvalue weighted by molar-refractivity contribution is -0.132. The highest BCUT2D eigenvalue weighted by atomic mass is 32.1. The van der Waals surface area contributed by atoms with Crippen LogP contribution >= 0.6 is 11.3 Å². The number of hydrogen-bond donors (Lipinski definition) is 0. The number of rotatable bonds is 4. The first-order chi connectivity index (χ1) is 9.68. The lowest BCUT2D eigenvalue weighted by Gasteiger charge is -2.29. The Balaban J connectivity index is 1.86. The van der Waals surface area contributed by atoms with E-state index in [0.717, 1.165) is 25.9 Å². The zero-order chi connectivity index (χ0) is 14.4. The number of thiophene rings is 1. The summed E-state index contributed by atoms with van der Waals surface area (Å²) < 4.78 is 0. The van der Waals surface area contributed by atoms with Crippen molar-refractivity contribution in [3.05, 3.63) is 22.4 Å². The van der Waals surface area contributed by atoms with Gasteiger partial charge < -0.3 is 4.90 Å². The second-order valence-electron chi connectivity index (χ2n) is 5.76. The van der Waals surface area contributed by atoms with E-state index in [0.29, 0.717) is 12.6 Å². The van der Waals surface area contributed by atoms with Crippen LogP contribution in [0.2, 0.25) is 0 Å². The van der Waals surface area contributed by atoms with Crippen LogP contribution in [0.1, 0.15) is 49.9 Å². The maximum atomic E-state index is 12.4. The summed E-state index contributed by atoms with van der Waals surface area (Å²) in [6.45, 7) is 4.59. The van der Waals surface area contributed by atoms with E-state index >= 15 is 0 Å². The average molecular weight is 294 g/mol. The highest BCUT2D eigenvalue weighted by molar-refractivity contribution is 7.10. The summed E-state index contributed by atoms with van der Waals surface area (Å²) in [7, 11) is 2.05. The van der Waals surface area contributed by atoms with Gasteiger partial charge in [0.2, 0.25) is 5.91 Å². The first kappa shape index (κ1) is 15.5. The Hall–Kier alpha value is -0.870. The molecule has 20 heavy (non-hydrogen) atoms. The van der Waals surface area contributed by atoms with Crippen molar-refractivity contribution in [2.45, 2.75) is 45.1 Å². The van der Waals surface area contributed by atoms with Gasteiger partial charge in [-0.25, -0.2) is 0 Å². The molecule has 0 radical (unpaired) electrons. The van der Waals surface area contributed by atoms with E-state index in [9.17, 15) is 4.79 Å². The molecule has 1 aliphatic rings. The van der Waals surface area contributed by atoms with Gasteiger partial charge in [0, 0.05) is 24.0 Å². The molecule has 0 aliphatic carbocycles. The molecule has 1 unspecified atom stereocenters. The second kappa shape index (κ2) is 7.79. The molecule has 0 spiro atoms. The summed E-state index contributed by atoms with van der Waals surface area (Å²) >= 11 is 1.76. The van der Waals surface area contributed by atoms with Crippen LogP contribution in [0, 0.1) is 0 Å². The van der Waals surface area contributed by atoms with Crippen molar-refractivity contribution >= 4 is 17.2 Å². The van der Waals surface area contributed by atoms with Gasteiger partial charge in [0.1, 0.15) is 0 Å². The largest absolute Gasteiger partial charge is 0.342 e. The van der Waals surface area contributed by atoms with Crippen molar-refractivity contribution in [3.63, 3.8) is 0 Å². The van der Waals surface area contributed by atoms with E-state index in [1.54, 1.807) is 11.3 Å². The zero-order valence-electron chi connectivity index (χ0n) is 12.7. The number of carbonyl (C=O) groups is 1. The van der Waals surface area contributed by atoms with Crippen LogP contribution in [0.5, 0.6) is 0 Å². The van der Waals surface area contributed by atoms with Crippen molar-refractivity contribution in [1.82, 2.24) is 9.80 Å². The molecule has 1 aromatic rings. The average Bonchev–Trinajstić information content (AvgIpc) is 2.90. The molecule has 4 heteroatoms. The van der Waals surface area contributed by atoms with Gasteiger partial charge in [-0.1, -0.05) is 25.3 Å². The quantitative estimate of drug-likeness (QED) is 0.848. The molecule has 112 valence electrons. The molecule has 2 heterocycles. The smallest absolute Gasteiger partial charge is 0.236 e. The second-order valence-corrected chi connectivity index (χ2v) is 6.73. The molecule has 1 fully saturated rings. The third-order valence-electron chi connectivity index (χ3n) is 4.21. The molecule has 0 bridgehead atoms. The summed E-state index contributed by atoms with van der Waals surface area (Å²) in [5.74, 6) is 0.290. The fourth-order valence-corrected chi connectivity index (χ4v) is 3.54. The molecule has 2 rings (SSSR count). The fraction of sp³-hybridized carbons (Fsp3) is 0.688. The summed E-state index contributed by atoms with van der Waals surface area (Å²) in [5.41, 5.74) is 0. The normalized spacial score (nSPS) is 18.6. The number of likely N-dealkylation sites (tertiary alicyclic amines) is 1. The van der Waals surface area contributed by atoms with Crippen LogP contribution in [-0.4, -0.2) is 42.4 Å². The van der Waals surface area contributed by atoms with E-state index < -0.39 is 0 Å². The molecule has 0 aromatic carbocycles. The van der Waals surface area contributed by atoms with Gasteiger partial charge in [-0.2, -0.15) is 0 Å². The highest BCUT2D eigenvalue weighted by Gasteiger charge is 2.20. The van der Waals surface area contributed by atoms with Crippen molar-refractivity contribution in [3.8, 4) is 0 Å². The van der Waals surface area contributed by atoms with Crippen molar-refractivity contribution < 1.29 is 4.79 Å². The summed E-state index contributed by atoms with van der Waals surface area (Å²) in [6.07, 6.45) is 6.19. The molecular formula is C16H26N2OS. The maximum Gasteiger partial charge on any atom is 0.236 e. The number of amides is 1. The van der Waals surface area contributed by atoms with Crippen LogP contribution in [0.3, 0.4) is 0 Å². The van der Waals surface area contributed by atoms with E-state index in [2.05, 4.69) is 34.2 Å². The third kappa shape index (κ3) is 4.32. The predicted molar refractivity (Wildman–Crippen MR) is 85.0 cm³/mol. The molecule has 1 amide bonds. The molecular weight excluding hydrogens is 268 g/mol. The Labute approximate surface area is 126 Å². The SMILES string of the molecule is CC(c1cccs1)N(C)CC(=O)N1CCCCCCC1. The van der Waals surface area contributed by atoms with Crippen molar-refractivity contribution in [1.29, 1.82) is 0 Å². The van der Waals surface area contributed by atoms with E-state index in [1.165, 1.54) is 24.1 Å². The van der Waals surface area contributed by atoms with Gasteiger partial charge in [0.25, 0.3) is 0 Å². The van der Waals surface area contributed by atoms with Crippen LogP contribution in [0.4, 0.5) is 0 Å². The van der Waals surface area contributed by atoms with Gasteiger partial charge in [-0.3, -0.25) is 9.69 Å². The molecule has 0 N–H and O–H groups in total. The number of hydrogen-bond acceptors (Lipinski definition) is 3. The first-order valence-electron chi connectivity index (χ1n) is 7.70. The summed E-state index contributed by atoms with van der Waals surface area (Å²) in [6, 6.07) is 4.53. The Morgan fingerprint density at radius 3 is 2.55 bits per heavy atom. The molecule has 3 nitrogen and oxygen atoms in total. The van der Waals surface area contributed by atoms with Gasteiger partial charge in [0.05, 0.1) is 6.54 Å². The summed E-state index contributed by atoms with van der Waals surface area (Å²) in [5, 5.41) is 2.10. The Bertz CT molecular complexity index is 397. The Morgan fingerprint density at radius 1 is 1.30 bits per heavy atom. The predicted octanol–water partition coefficient (Wildman–Crippen LogP) is 3.53. The van der Waals surface area contributed by atoms with E-state index in [-0.39, 0.29) is 5.91 Å². The minimum Gasteiger partial charge on any atom is -0.342 e. The number of likely N-dealkylation sites (N-methyl/N-ethyl adjacent to an activating group) is 1. The fourth-order valence-electron chi connectivity index (χ4n) is 2.69. The van der Waals surface area contributed by atoms with Crippen molar-refractivity contribution in [2.24, 2.45) is 0 Å². The van der Waals surface area contributed by atoms with Gasteiger partial charge in [0.15, 0.2) is 0 Å².